The molecule has 0 heterocycles. The summed E-state index contributed by atoms with van der Waals surface area (Å²) in [6.07, 6.45) is 1.13. The lowest BCUT2D eigenvalue weighted by Crippen LogP contribution is -1.89. The molecule has 5 heteroatoms. The summed E-state index contributed by atoms with van der Waals surface area (Å²) in [4.78, 5) is 12.5. The maximum Gasteiger partial charge on any atom is 0.287 e. The highest BCUT2D eigenvalue weighted by Crippen LogP contribution is 2.10. The van der Waals surface area contributed by atoms with Crippen LogP contribution in [0.15, 0.2) is 24.3 Å². The van der Waals surface area contributed by atoms with E-state index in [1.165, 1.54) is 18.2 Å². The van der Waals surface area contributed by atoms with Crippen LogP contribution in [0, 0.1) is 10.1 Å². The van der Waals surface area contributed by atoms with Gasteiger partial charge in [-0.05, 0) is 6.07 Å². The molecular weight excluding hydrogens is 158 g/mol. The third-order valence-electron chi connectivity index (χ3n) is 1.29. The SMILES string of the molecule is [N-]=[N+]=Cc1cccc([N+](=O)[O-])c1. The highest BCUT2D eigenvalue weighted by Gasteiger charge is 2.05. The van der Waals surface area contributed by atoms with E-state index in [9.17, 15) is 10.1 Å². The second kappa shape index (κ2) is 3.41. The average Bonchev–Trinajstić information content (AvgIpc) is 2.05. The van der Waals surface area contributed by atoms with Gasteiger partial charge in [-0.2, -0.15) is 4.79 Å². The Kier molecular flexibility index (Phi) is 2.30. The summed E-state index contributed by atoms with van der Waals surface area (Å²) in [5, 5.41) is 10.3. The minimum Gasteiger partial charge on any atom is -0.361 e. The average molecular weight is 163 g/mol. The van der Waals surface area contributed by atoms with Gasteiger partial charge in [0.15, 0.2) is 0 Å². The van der Waals surface area contributed by atoms with Gasteiger partial charge in [-0.1, -0.05) is 6.07 Å². The van der Waals surface area contributed by atoms with E-state index in [1.807, 2.05) is 0 Å². The number of benzene rings is 1. The van der Waals surface area contributed by atoms with Crippen LogP contribution in [-0.2, 0) is 0 Å². The molecule has 0 aliphatic heterocycles. The molecule has 0 bridgehead atoms. The summed E-state index contributed by atoms with van der Waals surface area (Å²) >= 11 is 0. The molecule has 0 radical (unpaired) electrons. The first-order valence-electron chi connectivity index (χ1n) is 3.16. The van der Waals surface area contributed by atoms with Gasteiger partial charge in [0, 0.05) is 12.1 Å². The zero-order chi connectivity index (χ0) is 8.97. The lowest BCUT2D eigenvalue weighted by atomic mass is 10.2. The van der Waals surface area contributed by atoms with Crippen LogP contribution >= 0.6 is 0 Å². The van der Waals surface area contributed by atoms with Gasteiger partial charge in [0.1, 0.15) is 0 Å². The van der Waals surface area contributed by atoms with Crippen molar-refractivity contribution >= 4 is 11.9 Å². The van der Waals surface area contributed by atoms with Crippen LogP contribution in [-0.4, -0.2) is 15.9 Å². The van der Waals surface area contributed by atoms with Gasteiger partial charge in [-0.25, -0.2) is 0 Å². The number of nitrogens with zero attached hydrogens (tertiary/aromatic N) is 3. The molecule has 0 spiro atoms. The van der Waals surface area contributed by atoms with Crippen molar-refractivity contribution in [2.24, 2.45) is 0 Å². The van der Waals surface area contributed by atoms with Crippen molar-refractivity contribution in [3.63, 3.8) is 0 Å². The van der Waals surface area contributed by atoms with Crippen molar-refractivity contribution in [1.82, 2.24) is 0 Å². The van der Waals surface area contributed by atoms with Crippen molar-refractivity contribution in [2.45, 2.75) is 0 Å². The van der Waals surface area contributed by atoms with Crippen LogP contribution < -0.4 is 0 Å². The summed E-state index contributed by atoms with van der Waals surface area (Å²) < 4.78 is 0. The van der Waals surface area contributed by atoms with Crippen LogP contribution in [0.1, 0.15) is 5.56 Å². The van der Waals surface area contributed by atoms with Gasteiger partial charge in [-0.3, -0.25) is 10.1 Å². The monoisotopic (exact) mass is 163 g/mol. The summed E-state index contributed by atoms with van der Waals surface area (Å²) in [6.45, 7) is 0. The quantitative estimate of drug-likeness (QED) is 0.216. The van der Waals surface area contributed by atoms with E-state index in [1.54, 1.807) is 6.07 Å². The van der Waals surface area contributed by atoms with E-state index in [-0.39, 0.29) is 5.69 Å². The Morgan fingerprint density at radius 2 is 2.33 bits per heavy atom. The van der Waals surface area contributed by atoms with Crippen LogP contribution in [0.2, 0.25) is 0 Å². The molecule has 5 nitrogen and oxygen atoms in total. The molecule has 0 atom stereocenters. The Balaban J connectivity index is 3.11. The minimum atomic E-state index is -0.505. The predicted molar refractivity (Wildman–Crippen MR) is 41.9 cm³/mol. The van der Waals surface area contributed by atoms with Crippen molar-refractivity contribution in [3.8, 4) is 0 Å². The van der Waals surface area contributed by atoms with Gasteiger partial charge in [0.2, 0.25) is 0 Å². The number of hydrogen-bond acceptors (Lipinski definition) is 2. The fourth-order valence-corrected chi connectivity index (χ4v) is 0.785. The second-order valence-corrected chi connectivity index (χ2v) is 2.10. The standard InChI is InChI=1S/C7H5N3O2/c8-9-5-6-2-1-3-7(4-6)10(11)12/h1-5H. The molecule has 0 aromatic heterocycles. The topological polar surface area (TPSA) is 79.5 Å². The van der Waals surface area contributed by atoms with Crippen molar-refractivity contribution in [3.05, 3.63) is 45.5 Å². The summed E-state index contributed by atoms with van der Waals surface area (Å²) in [6, 6.07) is 5.82. The number of nitro benzene ring substituents is 1. The largest absolute Gasteiger partial charge is 0.361 e. The molecule has 0 saturated heterocycles. The summed E-state index contributed by atoms with van der Waals surface area (Å²) in [5.41, 5.74) is 8.62. The highest BCUT2D eigenvalue weighted by molar-refractivity contribution is 5.76. The third-order valence-corrected chi connectivity index (χ3v) is 1.29. The zero-order valence-electron chi connectivity index (χ0n) is 6.04. The molecule has 0 amide bonds. The molecule has 1 aromatic rings. The molecule has 0 unspecified atom stereocenters. The smallest absolute Gasteiger partial charge is 0.287 e. The molecule has 0 saturated carbocycles. The molecule has 1 rings (SSSR count). The first-order valence-corrected chi connectivity index (χ1v) is 3.16. The lowest BCUT2D eigenvalue weighted by molar-refractivity contribution is -0.384. The highest BCUT2D eigenvalue weighted by atomic mass is 16.6. The zero-order valence-corrected chi connectivity index (χ0v) is 6.04. The van der Waals surface area contributed by atoms with Crippen molar-refractivity contribution < 1.29 is 9.71 Å². The molecular formula is C7H5N3O2. The molecule has 0 N–H and O–H groups in total. The van der Waals surface area contributed by atoms with Crippen molar-refractivity contribution in [1.29, 1.82) is 0 Å². The molecule has 1 aromatic carbocycles. The number of hydrogen-bond donors (Lipinski definition) is 0. The maximum atomic E-state index is 10.3. The minimum absolute atomic E-state index is 0.0209. The first-order chi connectivity index (χ1) is 5.74. The van der Waals surface area contributed by atoms with E-state index >= 15 is 0 Å². The lowest BCUT2D eigenvalue weighted by Gasteiger charge is -1.88. The van der Waals surface area contributed by atoms with Crippen LogP contribution in [0.4, 0.5) is 5.69 Å². The molecule has 12 heavy (non-hydrogen) atoms. The Bertz CT molecular complexity index is 338. The van der Waals surface area contributed by atoms with Crippen LogP contribution in [0.25, 0.3) is 5.53 Å². The Labute approximate surface area is 68.0 Å². The molecule has 60 valence electrons. The summed E-state index contributed by atoms with van der Waals surface area (Å²) in [5.74, 6) is 0. The van der Waals surface area contributed by atoms with Gasteiger partial charge in [-0.15, -0.1) is 0 Å². The Morgan fingerprint density at radius 3 is 2.92 bits per heavy atom. The fraction of sp³-hybridized carbons (Fsp3) is 0. The van der Waals surface area contributed by atoms with E-state index in [4.69, 9.17) is 5.53 Å². The Morgan fingerprint density at radius 1 is 1.58 bits per heavy atom. The molecule has 0 aliphatic carbocycles. The van der Waals surface area contributed by atoms with E-state index in [0.29, 0.717) is 5.56 Å². The van der Waals surface area contributed by atoms with Gasteiger partial charge >= 0.3 is 0 Å². The maximum absolute atomic E-state index is 10.3. The van der Waals surface area contributed by atoms with Gasteiger partial charge in [0.05, 0.1) is 10.5 Å². The molecule has 0 aliphatic rings. The van der Waals surface area contributed by atoms with Crippen LogP contribution in [0.5, 0.6) is 0 Å². The van der Waals surface area contributed by atoms with Crippen molar-refractivity contribution in [2.75, 3.05) is 0 Å². The van der Waals surface area contributed by atoms with Gasteiger partial charge < -0.3 is 5.53 Å². The van der Waals surface area contributed by atoms with Crippen LogP contribution in [0.3, 0.4) is 0 Å². The molecule has 0 fully saturated rings. The number of rotatable bonds is 2. The van der Waals surface area contributed by atoms with E-state index in [0.717, 1.165) is 6.21 Å². The summed E-state index contributed by atoms with van der Waals surface area (Å²) in [7, 11) is 0. The Hall–Kier alpha value is -2.00. The van der Waals surface area contributed by atoms with E-state index in [2.05, 4.69) is 4.79 Å². The van der Waals surface area contributed by atoms with Gasteiger partial charge in [0.25, 0.3) is 11.9 Å². The van der Waals surface area contributed by atoms with E-state index < -0.39 is 4.92 Å². The normalized spacial score (nSPS) is 8.67. The third kappa shape index (κ3) is 1.74. The second-order valence-electron chi connectivity index (χ2n) is 2.10. The predicted octanol–water partition coefficient (Wildman–Crippen LogP) is 1.24. The fourth-order valence-electron chi connectivity index (χ4n) is 0.785. The number of non-ortho nitro benzene ring substituents is 1. The first kappa shape index (κ1) is 8.10. The number of nitro groups is 1.